The molecule has 2 heteroatoms. The van der Waals surface area contributed by atoms with Crippen LogP contribution in [0.15, 0.2) is 24.5 Å². The molecule has 3 unspecified atom stereocenters. The van der Waals surface area contributed by atoms with Crippen LogP contribution in [0, 0.1) is 5.92 Å². The summed E-state index contributed by atoms with van der Waals surface area (Å²) in [6.07, 6.45) is 10.6. The minimum atomic E-state index is 0.443. The lowest BCUT2D eigenvalue weighted by Crippen LogP contribution is -2.35. The average molecular weight is 232 g/mol. The summed E-state index contributed by atoms with van der Waals surface area (Å²) < 4.78 is 0. The molecule has 2 nitrogen and oxygen atoms in total. The summed E-state index contributed by atoms with van der Waals surface area (Å²) in [7, 11) is 0. The molecular weight excluding hydrogens is 208 g/mol. The van der Waals surface area contributed by atoms with Crippen LogP contribution >= 0.6 is 0 Å². The first-order chi connectivity index (χ1) is 8.29. The zero-order chi connectivity index (χ0) is 12.1. The van der Waals surface area contributed by atoms with Crippen LogP contribution in [0.4, 0.5) is 0 Å². The maximum Gasteiger partial charge on any atom is 0.0295 e. The molecule has 0 radical (unpaired) electrons. The summed E-state index contributed by atoms with van der Waals surface area (Å²) in [4.78, 5) is 4.07. The first-order valence-corrected chi connectivity index (χ1v) is 6.95. The Morgan fingerprint density at radius 1 is 1.35 bits per heavy atom. The van der Waals surface area contributed by atoms with Gasteiger partial charge in [0.05, 0.1) is 0 Å². The quantitative estimate of drug-likeness (QED) is 0.856. The summed E-state index contributed by atoms with van der Waals surface area (Å²) >= 11 is 0. The lowest BCUT2D eigenvalue weighted by atomic mass is 9.84. The monoisotopic (exact) mass is 232 g/mol. The van der Waals surface area contributed by atoms with Crippen molar-refractivity contribution < 1.29 is 0 Å². The molecule has 0 aromatic carbocycles. The van der Waals surface area contributed by atoms with Gasteiger partial charge in [0, 0.05) is 24.5 Å². The molecule has 0 amide bonds. The van der Waals surface area contributed by atoms with Crippen molar-refractivity contribution in [3.05, 3.63) is 30.1 Å². The van der Waals surface area contributed by atoms with E-state index in [1.165, 1.54) is 37.7 Å². The van der Waals surface area contributed by atoms with E-state index < -0.39 is 0 Å². The summed E-state index contributed by atoms with van der Waals surface area (Å²) in [5, 5.41) is 3.77. The van der Waals surface area contributed by atoms with E-state index in [4.69, 9.17) is 0 Å². The molecule has 2 rings (SSSR count). The molecule has 3 atom stereocenters. The fourth-order valence-electron chi connectivity index (χ4n) is 2.92. The number of nitrogens with one attached hydrogen (secondary N) is 1. The molecule has 94 valence electrons. The van der Waals surface area contributed by atoms with Gasteiger partial charge in [-0.1, -0.05) is 26.2 Å². The minimum Gasteiger partial charge on any atom is -0.307 e. The van der Waals surface area contributed by atoms with E-state index in [2.05, 4.69) is 36.3 Å². The third-order valence-corrected chi connectivity index (χ3v) is 4.05. The lowest BCUT2D eigenvalue weighted by molar-refractivity contribution is 0.266. The van der Waals surface area contributed by atoms with Crippen LogP contribution in [0.3, 0.4) is 0 Å². The van der Waals surface area contributed by atoms with E-state index in [1.54, 1.807) is 0 Å². The summed E-state index contributed by atoms with van der Waals surface area (Å²) in [6.45, 7) is 4.57. The molecule has 1 aliphatic carbocycles. The molecule has 0 bridgehead atoms. The van der Waals surface area contributed by atoms with Crippen molar-refractivity contribution in [3.8, 4) is 0 Å². The number of aromatic nitrogens is 1. The van der Waals surface area contributed by atoms with Gasteiger partial charge < -0.3 is 5.32 Å². The SMILES string of the molecule is CCC1CCCC(NC(C)c2ccncc2)C1. The third kappa shape index (κ3) is 3.53. The molecular formula is C15H24N2. The van der Waals surface area contributed by atoms with Crippen molar-refractivity contribution in [3.63, 3.8) is 0 Å². The second-order valence-electron chi connectivity index (χ2n) is 5.31. The van der Waals surface area contributed by atoms with Crippen LogP contribution in [0.1, 0.15) is 57.6 Å². The van der Waals surface area contributed by atoms with Crippen molar-refractivity contribution in [1.29, 1.82) is 0 Å². The average Bonchev–Trinajstić information content (AvgIpc) is 2.40. The van der Waals surface area contributed by atoms with Crippen molar-refractivity contribution in [2.45, 2.75) is 58.0 Å². The standard InChI is InChI=1S/C15H24N2/c1-3-13-5-4-6-15(11-13)17-12(2)14-7-9-16-10-8-14/h7-10,12-13,15,17H,3-6,11H2,1-2H3. The predicted octanol–water partition coefficient (Wildman–Crippen LogP) is 3.70. The van der Waals surface area contributed by atoms with Gasteiger partial charge in [-0.25, -0.2) is 0 Å². The normalized spacial score (nSPS) is 26.7. The van der Waals surface area contributed by atoms with Crippen LogP contribution in [-0.2, 0) is 0 Å². The minimum absolute atomic E-state index is 0.443. The number of nitrogens with zero attached hydrogens (tertiary/aromatic N) is 1. The first-order valence-electron chi connectivity index (χ1n) is 6.95. The fraction of sp³-hybridized carbons (Fsp3) is 0.667. The predicted molar refractivity (Wildman–Crippen MR) is 71.8 cm³/mol. The molecule has 1 N–H and O–H groups in total. The van der Waals surface area contributed by atoms with Gasteiger partial charge in [-0.2, -0.15) is 0 Å². The van der Waals surface area contributed by atoms with E-state index in [0.29, 0.717) is 12.1 Å². The molecule has 0 aliphatic heterocycles. The van der Waals surface area contributed by atoms with Crippen LogP contribution in [0.2, 0.25) is 0 Å². The zero-order valence-corrected chi connectivity index (χ0v) is 11.0. The summed E-state index contributed by atoms with van der Waals surface area (Å²) in [5.74, 6) is 0.936. The van der Waals surface area contributed by atoms with Gasteiger partial charge in [0.1, 0.15) is 0 Å². The number of rotatable bonds is 4. The maximum absolute atomic E-state index is 4.07. The second-order valence-corrected chi connectivity index (χ2v) is 5.31. The van der Waals surface area contributed by atoms with Crippen LogP contribution in [0.25, 0.3) is 0 Å². The van der Waals surface area contributed by atoms with Crippen LogP contribution in [-0.4, -0.2) is 11.0 Å². The largest absolute Gasteiger partial charge is 0.307 e. The Kier molecular flexibility index (Phi) is 4.55. The van der Waals surface area contributed by atoms with Gasteiger partial charge in [-0.3, -0.25) is 4.98 Å². The molecule has 17 heavy (non-hydrogen) atoms. The summed E-state index contributed by atoms with van der Waals surface area (Å²) in [5.41, 5.74) is 1.35. The van der Waals surface area contributed by atoms with Gasteiger partial charge >= 0.3 is 0 Å². The lowest BCUT2D eigenvalue weighted by Gasteiger charge is -2.31. The smallest absolute Gasteiger partial charge is 0.0295 e. The Morgan fingerprint density at radius 3 is 2.82 bits per heavy atom. The molecule has 1 aromatic rings. The van der Waals surface area contributed by atoms with E-state index in [-0.39, 0.29) is 0 Å². The molecule has 1 fully saturated rings. The van der Waals surface area contributed by atoms with Gasteiger partial charge in [0.2, 0.25) is 0 Å². The van der Waals surface area contributed by atoms with E-state index >= 15 is 0 Å². The molecule has 0 spiro atoms. The number of pyridine rings is 1. The Hall–Kier alpha value is -0.890. The Balaban J connectivity index is 1.88. The first kappa shape index (κ1) is 12.6. The van der Waals surface area contributed by atoms with E-state index in [1.807, 2.05) is 12.4 Å². The van der Waals surface area contributed by atoms with Gasteiger partial charge in [0.15, 0.2) is 0 Å². The van der Waals surface area contributed by atoms with Crippen molar-refractivity contribution in [2.75, 3.05) is 0 Å². The molecule has 1 aliphatic rings. The Bertz CT molecular complexity index is 323. The van der Waals surface area contributed by atoms with Gasteiger partial charge in [-0.05, 0) is 43.4 Å². The zero-order valence-electron chi connectivity index (χ0n) is 11.0. The highest BCUT2D eigenvalue weighted by Gasteiger charge is 2.21. The number of hydrogen-bond donors (Lipinski definition) is 1. The molecule has 0 saturated heterocycles. The van der Waals surface area contributed by atoms with Crippen LogP contribution < -0.4 is 5.32 Å². The molecule has 1 heterocycles. The molecule has 1 aromatic heterocycles. The van der Waals surface area contributed by atoms with E-state index in [9.17, 15) is 0 Å². The highest BCUT2D eigenvalue weighted by molar-refractivity contribution is 5.14. The van der Waals surface area contributed by atoms with Crippen molar-refractivity contribution in [2.24, 2.45) is 5.92 Å². The van der Waals surface area contributed by atoms with E-state index in [0.717, 1.165) is 5.92 Å². The number of hydrogen-bond acceptors (Lipinski definition) is 2. The topological polar surface area (TPSA) is 24.9 Å². The highest BCUT2D eigenvalue weighted by atomic mass is 14.9. The highest BCUT2D eigenvalue weighted by Crippen LogP contribution is 2.28. The maximum atomic E-state index is 4.07. The Labute approximate surface area is 105 Å². The Morgan fingerprint density at radius 2 is 2.12 bits per heavy atom. The third-order valence-electron chi connectivity index (χ3n) is 4.05. The van der Waals surface area contributed by atoms with Crippen molar-refractivity contribution >= 4 is 0 Å². The second kappa shape index (κ2) is 6.15. The molecule has 1 saturated carbocycles. The summed E-state index contributed by atoms with van der Waals surface area (Å²) in [6, 6.07) is 5.37. The van der Waals surface area contributed by atoms with Gasteiger partial charge in [-0.15, -0.1) is 0 Å². The van der Waals surface area contributed by atoms with Crippen molar-refractivity contribution in [1.82, 2.24) is 10.3 Å². The van der Waals surface area contributed by atoms with Crippen LogP contribution in [0.5, 0.6) is 0 Å². The fourth-order valence-corrected chi connectivity index (χ4v) is 2.92. The van der Waals surface area contributed by atoms with Gasteiger partial charge in [0.25, 0.3) is 0 Å².